The van der Waals surface area contributed by atoms with Crippen LogP contribution in [0.4, 0.5) is 5.82 Å². The number of aliphatic hydroxyl groups excluding tert-OH is 5. The lowest BCUT2D eigenvalue weighted by Crippen LogP contribution is -2.48. The van der Waals surface area contributed by atoms with Gasteiger partial charge in [-0.3, -0.25) is 32.5 Å². The Kier molecular flexibility index (Phi) is 26.0. The zero-order chi connectivity index (χ0) is 55.7. The highest BCUT2D eigenvalue weighted by Crippen LogP contribution is 2.61. The number of phosphoric ester groups is 3. The highest BCUT2D eigenvalue weighted by atomic mass is 32.2. The first kappa shape index (κ1) is 64.9. The molecule has 4 rings (SSSR count). The average molecular weight is 1150 g/mol. The molecule has 2 unspecified atom stereocenters. The third-order valence-electron chi connectivity index (χ3n) is 12.1. The fourth-order valence-corrected chi connectivity index (χ4v) is 11.5. The monoisotopic (exact) mass is 1150 g/mol. The van der Waals surface area contributed by atoms with E-state index in [0.29, 0.717) is 6.42 Å². The van der Waals surface area contributed by atoms with Gasteiger partial charge in [0.1, 0.15) is 42.4 Å². The van der Waals surface area contributed by atoms with Gasteiger partial charge in [-0.2, -0.15) is 4.31 Å². The molecule has 0 radical (unpaired) electrons. The molecular formula is C42H74N7O22P3S. The molecule has 0 saturated carbocycles. The number of nitrogen functional groups attached to an aromatic ring is 1. The van der Waals surface area contributed by atoms with Crippen LogP contribution in [-0.2, 0) is 60.2 Å². The van der Waals surface area contributed by atoms with Crippen LogP contribution in [0, 0.1) is 5.41 Å². The number of nitrogens with zero attached hydrogens (tertiary/aromatic N) is 4. The standard InChI is InChI=1S/C42H74N7O22P3S/c1-25(67-41-29(52)20-28(51)26(2)68-41)13-11-9-7-5-6-8-10-12-14-27(50)19-32(54)75-18-17-44-31(53)15-16-45-39(57)36(56)42(3,4)22-66-74(63,64)71-73(61,62)65-21-30-35(70-72(58,59)60)34(55)40(69-30)49-24-48-33-37(43)46-23-47-38(33)49/h23-30,34-36,40-41,50-52,55-56H,5-22H2,1-4H3,(H,44,53)(H,45,57)(H,61,62)(H,63,64)(H2,43,46,47)(H2,58,59,60)/t25-,26+,27-,28-,29-,30-,34-,35-,36+,40-,41-/m1/s1. The number of phosphoric acid groups is 3. The van der Waals surface area contributed by atoms with Crippen molar-refractivity contribution in [3.63, 3.8) is 0 Å². The Balaban J connectivity index is 1.03. The Morgan fingerprint density at radius 2 is 1.53 bits per heavy atom. The molecule has 2 aliphatic rings. The van der Waals surface area contributed by atoms with E-state index in [1.165, 1.54) is 13.8 Å². The van der Waals surface area contributed by atoms with Crippen molar-refractivity contribution in [2.24, 2.45) is 5.41 Å². The van der Waals surface area contributed by atoms with Crippen LogP contribution in [0.25, 0.3) is 11.2 Å². The number of hydrogen-bond donors (Lipinski definition) is 12. The fraction of sp³-hybridized carbons (Fsp3) is 0.810. The molecule has 13 atom stereocenters. The molecule has 2 fully saturated rings. The van der Waals surface area contributed by atoms with Gasteiger partial charge in [-0.15, -0.1) is 0 Å². The Morgan fingerprint density at radius 3 is 2.20 bits per heavy atom. The molecule has 430 valence electrons. The van der Waals surface area contributed by atoms with Crippen molar-refractivity contribution in [1.29, 1.82) is 0 Å². The minimum atomic E-state index is -5.60. The summed E-state index contributed by atoms with van der Waals surface area (Å²) in [7, 11) is -16.5. The van der Waals surface area contributed by atoms with Gasteiger partial charge in [0.15, 0.2) is 29.1 Å². The summed E-state index contributed by atoms with van der Waals surface area (Å²) >= 11 is 0.971. The first-order chi connectivity index (χ1) is 35.1. The molecule has 0 spiro atoms. The van der Waals surface area contributed by atoms with E-state index >= 15 is 0 Å². The topological polar surface area (TPSA) is 443 Å². The number of unbranched alkanes of at least 4 members (excludes halogenated alkanes) is 7. The predicted octanol–water partition coefficient (Wildman–Crippen LogP) is 1.58. The average Bonchev–Trinajstić information content (AvgIpc) is 3.88. The maximum absolute atomic E-state index is 12.8. The molecule has 2 aromatic heterocycles. The number of ether oxygens (including phenoxy) is 3. The van der Waals surface area contributed by atoms with Gasteiger partial charge in [0.2, 0.25) is 11.8 Å². The quantitative estimate of drug-likeness (QED) is 0.0349. The zero-order valence-electron chi connectivity index (χ0n) is 42.2. The SMILES string of the molecule is C[C@H](CCCCCCCCCC[C@@H](O)CC(=O)SCCNC(=O)CCNC(=O)[C@H](O)C(C)(C)COP(=O)(O)OP(=O)(O)OC[C@H]1O[C@@H](n2cnc3c(N)ncnc32)[C@H](O)[C@@H]1OP(=O)(O)O)O[C@@H]1O[C@@H](C)[C@H](O)C[C@H]1O. The second-order valence-corrected chi connectivity index (χ2v) is 24.5. The highest BCUT2D eigenvalue weighted by molar-refractivity contribution is 8.13. The number of anilines is 1. The van der Waals surface area contributed by atoms with E-state index in [1.807, 2.05) is 6.92 Å². The van der Waals surface area contributed by atoms with Gasteiger partial charge < -0.3 is 75.7 Å². The Bertz CT molecular complexity index is 2280. The number of imidazole rings is 1. The maximum atomic E-state index is 12.8. The van der Waals surface area contributed by atoms with E-state index in [1.54, 1.807) is 6.92 Å². The minimum Gasteiger partial charge on any atom is -0.393 e. The second kappa shape index (κ2) is 30.1. The highest BCUT2D eigenvalue weighted by Gasteiger charge is 2.50. The van der Waals surface area contributed by atoms with Crippen LogP contribution in [0.3, 0.4) is 0 Å². The van der Waals surface area contributed by atoms with Gasteiger partial charge in [0, 0.05) is 43.5 Å². The van der Waals surface area contributed by atoms with E-state index in [-0.39, 0.29) is 72.4 Å². The number of carbonyl (C=O) groups is 3. The number of carbonyl (C=O) groups excluding carboxylic acids is 3. The molecule has 2 aromatic rings. The van der Waals surface area contributed by atoms with Gasteiger partial charge in [0.05, 0.1) is 44.0 Å². The van der Waals surface area contributed by atoms with Crippen LogP contribution in [0.1, 0.15) is 117 Å². The Labute approximate surface area is 437 Å². The van der Waals surface area contributed by atoms with E-state index in [9.17, 15) is 73.2 Å². The van der Waals surface area contributed by atoms with E-state index in [0.717, 1.165) is 86.8 Å². The van der Waals surface area contributed by atoms with E-state index < -0.39 is 109 Å². The third-order valence-corrected chi connectivity index (χ3v) is 16.1. The number of aliphatic hydroxyl groups is 5. The molecule has 2 aliphatic heterocycles. The number of aromatic nitrogens is 4. The number of nitrogens with one attached hydrogen (secondary N) is 2. The molecule has 2 saturated heterocycles. The molecule has 4 heterocycles. The van der Waals surface area contributed by atoms with Gasteiger partial charge >= 0.3 is 23.5 Å². The molecule has 33 heteroatoms. The first-order valence-electron chi connectivity index (χ1n) is 24.5. The Hall–Kier alpha value is -2.64. The summed E-state index contributed by atoms with van der Waals surface area (Å²) in [6, 6.07) is 0. The molecule has 2 amide bonds. The lowest BCUT2D eigenvalue weighted by molar-refractivity contribution is -0.273. The number of fused-ring (bicyclic) bond motifs is 1. The number of hydrogen-bond acceptors (Lipinski definition) is 23. The molecule has 29 nitrogen and oxygen atoms in total. The molecular weight excluding hydrogens is 1080 g/mol. The Morgan fingerprint density at radius 1 is 0.893 bits per heavy atom. The van der Waals surface area contributed by atoms with Crippen LogP contribution in [0.15, 0.2) is 12.7 Å². The predicted molar refractivity (Wildman–Crippen MR) is 265 cm³/mol. The van der Waals surface area contributed by atoms with E-state index in [4.69, 9.17) is 29.0 Å². The van der Waals surface area contributed by atoms with Crippen molar-refractivity contribution in [3.8, 4) is 0 Å². The van der Waals surface area contributed by atoms with Crippen LogP contribution in [0.2, 0.25) is 0 Å². The molecule has 75 heavy (non-hydrogen) atoms. The number of nitrogens with two attached hydrogens (primary N) is 1. The fourth-order valence-electron chi connectivity index (χ4n) is 7.88. The number of rotatable bonds is 34. The van der Waals surface area contributed by atoms with Crippen molar-refractivity contribution in [3.05, 3.63) is 12.7 Å². The lowest BCUT2D eigenvalue weighted by atomic mass is 9.87. The minimum absolute atomic E-state index is 0.0184. The van der Waals surface area contributed by atoms with Crippen molar-refractivity contribution in [2.75, 3.05) is 37.8 Å². The maximum Gasteiger partial charge on any atom is 0.481 e. The van der Waals surface area contributed by atoms with Gasteiger partial charge in [-0.05, 0) is 26.7 Å². The number of thioether (sulfide) groups is 1. The normalized spacial score (nSPS) is 25.3. The first-order valence-corrected chi connectivity index (χ1v) is 30.0. The van der Waals surface area contributed by atoms with Crippen LogP contribution >= 0.6 is 35.2 Å². The zero-order valence-corrected chi connectivity index (χ0v) is 45.7. The third kappa shape index (κ3) is 22.2. The van der Waals surface area contributed by atoms with Gasteiger partial charge in [0.25, 0.3) is 0 Å². The molecule has 13 N–H and O–H groups in total. The van der Waals surface area contributed by atoms with E-state index in [2.05, 4.69) is 34.4 Å². The van der Waals surface area contributed by atoms with Crippen molar-refractivity contribution < 1.29 is 105 Å². The van der Waals surface area contributed by atoms with Crippen LogP contribution < -0.4 is 16.4 Å². The van der Waals surface area contributed by atoms with Crippen LogP contribution in [0.5, 0.6) is 0 Å². The summed E-state index contributed by atoms with van der Waals surface area (Å²) < 4.78 is 73.9. The number of amides is 2. The van der Waals surface area contributed by atoms with Crippen molar-refractivity contribution >= 4 is 69.1 Å². The smallest absolute Gasteiger partial charge is 0.393 e. The lowest BCUT2D eigenvalue weighted by Gasteiger charge is -2.36. The molecule has 0 bridgehead atoms. The largest absolute Gasteiger partial charge is 0.481 e. The van der Waals surface area contributed by atoms with Crippen molar-refractivity contribution in [2.45, 2.75) is 179 Å². The summed E-state index contributed by atoms with van der Waals surface area (Å²) in [5, 5.41) is 56.6. The van der Waals surface area contributed by atoms with Gasteiger partial charge in [-0.1, -0.05) is 77.0 Å². The summed E-state index contributed by atoms with van der Waals surface area (Å²) in [5.41, 5.74) is 4.23. The van der Waals surface area contributed by atoms with Gasteiger partial charge in [-0.25, -0.2) is 28.6 Å². The summed E-state index contributed by atoms with van der Waals surface area (Å²) in [6.07, 6.45) is -0.894. The summed E-state index contributed by atoms with van der Waals surface area (Å²) in [6.45, 7) is 4.02. The molecule has 0 aromatic carbocycles. The second-order valence-electron chi connectivity index (χ2n) is 19.1. The van der Waals surface area contributed by atoms with Crippen LogP contribution in [-0.4, -0.2) is 175 Å². The molecule has 0 aliphatic carbocycles. The summed E-state index contributed by atoms with van der Waals surface area (Å²) in [5.74, 6) is -1.29. The van der Waals surface area contributed by atoms with Crippen molar-refractivity contribution in [1.82, 2.24) is 30.2 Å². The summed E-state index contributed by atoms with van der Waals surface area (Å²) in [4.78, 5) is 88.6.